The summed E-state index contributed by atoms with van der Waals surface area (Å²) in [4.78, 5) is 38.0. The monoisotopic (exact) mass is 943 g/mol. The van der Waals surface area contributed by atoms with E-state index in [2.05, 4.69) is 130 Å². The van der Waals surface area contributed by atoms with Crippen molar-refractivity contribution in [2.75, 3.05) is 13.2 Å². The molecule has 0 aliphatic rings. The molecule has 0 aliphatic heterocycles. The van der Waals surface area contributed by atoms with E-state index in [9.17, 15) is 14.4 Å². The summed E-state index contributed by atoms with van der Waals surface area (Å²) in [5.74, 6) is -0.948. The van der Waals surface area contributed by atoms with Crippen molar-refractivity contribution in [2.45, 2.75) is 252 Å². The van der Waals surface area contributed by atoms with Crippen LogP contribution in [0.15, 0.2) is 109 Å². The zero-order valence-electron chi connectivity index (χ0n) is 44.1. The molecule has 68 heavy (non-hydrogen) atoms. The number of ether oxygens (including phenoxy) is 3. The number of allylic oxidation sites excluding steroid dienone is 18. The van der Waals surface area contributed by atoms with Crippen molar-refractivity contribution < 1.29 is 28.6 Å². The molecule has 6 nitrogen and oxygen atoms in total. The van der Waals surface area contributed by atoms with Crippen LogP contribution in [0.4, 0.5) is 0 Å². The quantitative estimate of drug-likeness (QED) is 0.0262. The van der Waals surface area contributed by atoms with Crippen molar-refractivity contribution in [2.24, 2.45) is 0 Å². The molecular formula is C62H102O6. The molecule has 0 aliphatic carbocycles. The molecule has 0 aromatic rings. The Kier molecular flexibility index (Phi) is 52.4. The maximum Gasteiger partial charge on any atom is 0.306 e. The van der Waals surface area contributed by atoms with Crippen LogP contribution in [0, 0.1) is 0 Å². The molecule has 1 atom stereocenters. The zero-order chi connectivity index (χ0) is 49.3. The molecule has 0 aromatic carbocycles. The smallest absolute Gasteiger partial charge is 0.306 e. The summed E-state index contributed by atoms with van der Waals surface area (Å²) < 4.78 is 16.8. The van der Waals surface area contributed by atoms with E-state index in [-0.39, 0.29) is 31.1 Å². The summed E-state index contributed by atoms with van der Waals surface area (Å²) in [5, 5.41) is 0. The fourth-order valence-corrected chi connectivity index (χ4v) is 7.33. The van der Waals surface area contributed by atoms with Crippen LogP contribution >= 0.6 is 0 Å². The van der Waals surface area contributed by atoms with Crippen molar-refractivity contribution in [1.82, 2.24) is 0 Å². The minimum atomic E-state index is -0.799. The highest BCUT2D eigenvalue weighted by molar-refractivity contribution is 5.71. The van der Waals surface area contributed by atoms with Crippen LogP contribution in [0.2, 0.25) is 0 Å². The standard InChI is InChI=1S/C62H102O6/c1-4-7-10-13-16-19-21-23-25-27-28-29-30-31-32-33-34-35-37-38-40-43-46-49-52-55-61(64)67-58-59(57-66-60(63)54-51-48-45-42-18-15-12-9-6-3)68-62(65)56-53-50-47-44-41-39-36-26-24-22-20-17-14-11-8-5-2/h7,10,16,19-20,22-23,25-26,28-29,31-32,34-36,38,40,59H,4-6,8-9,11-15,17-18,21,24,27,30,33,37,39,41-58H2,1-3H3/b10-7-,19-16-,22-20-,25-23-,29-28-,32-31-,35-34-,36-26-,40-38-. The topological polar surface area (TPSA) is 78.9 Å². The molecule has 0 amide bonds. The SMILES string of the molecule is CC/C=C\C/C=C\C/C=C\C/C=C\C/C=C\C/C=C\C/C=C\CCCCCC(=O)OCC(COC(=O)CCCCCCCCCCC)OC(=O)CCCCCCC/C=C\C/C=C\CCCCCC. The number of hydrogen-bond donors (Lipinski definition) is 0. The predicted octanol–water partition coefficient (Wildman–Crippen LogP) is 18.7. The molecule has 0 bridgehead atoms. The highest BCUT2D eigenvalue weighted by Gasteiger charge is 2.19. The highest BCUT2D eigenvalue weighted by atomic mass is 16.6. The maximum atomic E-state index is 12.8. The van der Waals surface area contributed by atoms with E-state index < -0.39 is 6.10 Å². The highest BCUT2D eigenvalue weighted by Crippen LogP contribution is 2.13. The lowest BCUT2D eigenvalue weighted by Crippen LogP contribution is -2.30. The largest absolute Gasteiger partial charge is 0.462 e. The third kappa shape index (κ3) is 53.0. The number of carbonyl (C=O) groups excluding carboxylic acids is 3. The molecule has 0 aromatic heterocycles. The fraction of sp³-hybridized carbons (Fsp3) is 0.661. The first kappa shape index (κ1) is 64.1. The molecule has 0 radical (unpaired) electrons. The summed E-state index contributed by atoms with van der Waals surface area (Å²) in [7, 11) is 0. The first-order valence-corrected chi connectivity index (χ1v) is 27.9. The lowest BCUT2D eigenvalue weighted by Gasteiger charge is -2.18. The first-order chi connectivity index (χ1) is 33.5. The molecule has 0 heterocycles. The van der Waals surface area contributed by atoms with E-state index in [0.29, 0.717) is 19.3 Å². The number of unbranched alkanes of at least 4 members (excludes halogenated alkanes) is 20. The van der Waals surface area contributed by atoms with E-state index in [1.165, 1.54) is 70.6 Å². The third-order valence-corrected chi connectivity index (χ3v) is 11.5. The summed E-state index contributed by atoms with van der Waals surface area (Å²) in [6.45, 7) is 6.44. The van der Waals surface area contributed by atoms with Crippen molar-refractivity contribution in [1.29, 1.82) is 0 Å². The molecule has 0 saturated heterocycles. The van der Waals surface area contributed by atoms with Crippen LogP contribution in [0.1, 0.15) is 245 Å². The minimum Gasteiger partial charge on any atom is -0.462 e. The van der Waals surface area contributed by atoms with Gasteiger partial charge in [0, 0.05) is 19.3 Å². The Balaban J connectivity index is 4.38. The van der Waals surface area contributed by atoms with Gasteiger partial charge in [-0.05, 0) is 109 Å². The van der Waals surface area contributed by atoms with Gasteiger partial charge in [-0.1, -0.05) is 226 Å². The van der Waals surface area contributed by atoms with Crippen molar-refractivity contribution in [3.63, 3.8) is 0 Å². The van der Waals surface area contributed by atoms with Crippen molar-refractivity contribution in [3.05, 3.63) is 109 Å². The van der Waals surface area contributed by atoms with Crippen molar-refractivity contribution in [3.8, 4) is 0 Å². The molecular weight excluding hydrogens is 841 g/mol. The van der Waals surface area contributed by atoms with Crippen molar-refractivity contribution >= 4 is 17.9 Å². The molecule has 0 saturated carbocycles. The molecule has 1 unspecified atom stereocenters. The average Bonchev–Trinajstić information content (AvgIpc) is 3.34. The summed E-state index contributed by atoms with van der Waals surface area (Å²) >= 11 is 0. The van der Waals surface area contributed by atoms with Gasteiger partial charge in [0.1, 0.15) is 13.2 Å². The first-order valence-electron chi connectivity index (χ1n) is 27.9. The predicted molar refractivity (Wildman–Crippen MR) is 293 cm³/mol. The Morgan fingerprint density at radius 1 is 0.309 bits per heavy atom. The Morgan fingerprint density at radius 2 is 0.574 bits per heavy atom. The average molecular weight is 943 g/mol. The Bertz CT molecular complexity index is 1410. The second-order valence-electron chi connectivity index (χ2n) is 18.1. The van der Waals surface area contributed by atoms with Gasteiger partial charge in [-0.25, -0.2) is 0 Å². The Hall–Kier alpha value is -3.93. The summed E-state index contributed by atoms with van der Waals surface area (Å²) in [6.07, 6.45) is 75.1. The second kappa shape index (κ2) is 55.7. The Morgan fingerprint density at radius 3 is 0.926 bits per heavy atom. The van der Waals surface area contributed by atoms with Gasteiger partial charge in [-0.3, -0.25) is 14.4 Å². The van der Waals surface area contributed by atoms with Gasteiger partial charge < -0.3 is 14.2 Å². The van der Waals surface area contributed by atoms with E-state index in [4.69, 9.17) is 14.2 Å². The van der Waals surface area contributed by atoms with E-state index >= 15 is 0 Å². The zero-order valence-corrected chi connectivity index (χ0v) is 44.1. The normalized spacial score (nSPS) is 12.9. The van der Waals surface area contributed by atoms with Crippen LogP contribution in [0.25, 0.3) is 0 Å². The molecule has 0 N–H and O–H groups in total. The molecule has 0 rings (SSSR count). The fourth-order valence-electron chi connectivity index (χ4n) is 7.33. The van der Waals surface area contributed by atoms with Crippen LogP contribution in [-0.2, 0) is 28.6 Å². The van der Waals surface area contributed by atoms with Gasteiger partial charge in [0.05, 0.1) is 0 Å². The molecule has 386 valence electrons. The third-order valence-electron chi connectivity index (χ3n) is 11.5. The number of carbonyl (C=O) groups is 3. The minimum absolute atomic E-state index is 0.0948. The number of rotatable bonds is 49. The van der Waals surface area contributed by atoms with E-state index in [0.717, 1.165) is 135 Å². The van der Waals surface area contributed by atoms with Gasteiger partial charge in [0.25, 0.3) is 0 Å². The van der Waals surface area contributed by atoms with Gasteiger partial charge in [0.15, 0.2) is 6.10 Å². The number of esters is 3. The van der Waals surface area contributed by atoms with Gasteiger partial charge in [-0.2, -0.15) is 0 Å². The van der Waals surface area contributed by atoms with Crippen LogP contribution in [0.5, 0.6) is 0 Å². The lowest BCUT2D eigenvalue weighted by atomic mass is 10.1. The molecule has 0 spiro atoms. The maximum absolute atomic E-state index is 12.8. The molecule has 0 fully saturated rings. The van der Waals surface area contributed by atoms with Crippen LogP contribution in [0.3, 0.4) is 0 Å². The van der Waals surface area contributed by atoms with E-state index in [1.54, 1.807) is 0 Å². The Labute approximate surface area is 419 Å². The van der Waals surface area contributed by atoms with E-state index in [1.807, 2.05) is 0 Å². The van der Waals surface area contributed by atoms with Gasteiger partial charge in [0.2, 0.25) is 0 Å². The summed E-state index contributed by atoms with van der Waals surface area (Å²) in [5.41, 5.74) is 0. The van der Waals surface area contributed by atoms with Gasteiger partial charge >= 0.3 is 17.9 Å². The van der Waals surface area contributed by atoms with Gasteiger partial charge in [-0.15, -0.1) is 0 Å². The van der Waals surface area contributed by atoms with Crippen LogP contribution < -0.4 is 0 Å². The summed E-state index contributed by atoms with van der Waals surface area (Å²) in [6, 6.07) is 0. The molecule has 6 heteroatoms. The number of hydrogen-bond acceptors (Lipinski definition) is 6. The lowest BCUT2D eigenvalue weighted by molar-refractivity contribution is -0.167. The van der Waals surface area contributed by atoms with Crippen LogP contribution in [-0.4, -0.2) is 37.2 Å². The second-order valence-corrected chi connectivity index (χ2v) is 18.1.